The number of aromatic hydroxyl groups is 1. The molecule has 0 unspecified atom stereocenters. The van der Waals surface area contributed by atoms with Gasteiger partial charge in [-0.25, -0.2) is 0 Å². The summed E-state index contributed by atoms with van der Waals surface area (Å²) in [6.45, 7) is 8.86. The molecule has 0 spiro atoms. The third-order valence-corrected chi connectivity index (χ3v) is 3.42. The zero-order valence-electron chi connectivity index (χ0n) is 12.1. The van der Waals surface area contributed by atoms with Crippen molar-refractivity contribution in [1.82, 2.24) is 0 Å². The van der Waals surface area contributed by atoms with Crippen molar-refractivity contribution in [2.75, 3.05) is 13.2 Å². The molecule has 0 amide bonds. The fraction of sp³-hybridized carbons (Fsp3) is 0.533. The molecule has 106 valence electrons. The van der Waals surface area contributed by atoms with Crippen LogP contribution in [0.3, 0.4) is 0 Å². The maximum Gasteiger partial charge on any atom is 0.159 e. The fourth-order valence-corrected chi connectivity index (χ4v) is 2.08. The van der Waals surface area contributed by atoms with Crippen LogP contribution in [-0.4, -0.2) is 23.4 Å². The molecule has 1 rings (SSSR count). The van der Waals surface area contributed by atoms with E-state index in [1.54, 1.807) is 0 Å². The van der Waals surface area contributed by atoms with Gasteiger partial charge < -0.3 is 14.6 Å². The van der Waals surface area contributed by atoms with E-state index in [2.05, 4.69) is 0 Å². The van der Waals surface area contributed by atoms with Crippen molar-refractivity contribution >= 4 is 17.3 Å². The SMILES string of the molecule is CCOC(=S)CCCOc1cc(C)c(O)c(C)c1C. The van der Waals surface area contributed by atoms with Crippen molar-refractivity contribution in [3.63, 3.8) is 0 Å². The summed E-state index contributed by atoms with van der Waals surface area (Å²) in [7, 11) is 0. The van der Waals surface area contributed by atoms with Gasteiger partial charge in [-0.1, -0.05) is 0 Å². The Morgan fingerprint density at radius 3 is 2.58 bits per heavy atom. The normalized spacial score (nSPS) is 10.3. The number of hydrogen-bond donors (Lipinski definition) is 1. The number of thiocarbonyl (C=S) groups is 1. The smallest absolute Gasteiger partial charge is 0.159 e. The summed E-state index contributed by atoms with van der Waals surface area (Å²) in [6.07, 6.45) is 1.56. The molecule has 0 fully saturated rings. The average Bonchev–Trinajstić information content (AvgIpc) is 2.38. The minimum absolute atomic E-state index is 0.349. The van der Waals surface area contributed by atoms with Crippen LogP contribution in [0.1, 0.15) is 36.5 Å². The van der Waals surface area contributed by atoms with E-state index in [9.17, 15) is 5.11 Å². The molecule has 19 heavy (non-hydrogen) atoms. The predicted octanol–water partition coefficient (Wildman–Crippen LogP) is 3.84. The Kier molecular flexibility index (Phi) is 6.09. The van der Waals surface area contributed by atoms with Crippen LogP contribution in [-0.2, 0) is 4.74 Å². The monoisotopic (exact) mass is 282 g/mol. The summed E-state index contributed by atoms with van der Waals surface area (Å²) >= 11 is 5.06. The number of ether oxygens (including phenoxy) is 2. The molecule has 0 heterocycles. The van der Waals surface area contributed by atoms with Gasteiger partial charge in [0, 0.05) is 6.42 Å². The van der Waals surface area contributed by atoms with Crippen molar-refractivity contribution in [3.05, 3.63) is 22.8 Å². The summed E-state index contributed by atoms with van der Waals surface area (Å²) in [5.41, 5.74) is 2.69. The first-order chi connectivity index (χ1) is 8.97. The highest BCUT2D eigenvalue weighted by Gasteiger charge is 2.10. The molecule has 1 aromatic carbocycles. The molecule has 0 saturated carbocycles. The van der Waals surface area contributed by atoms with E-state index in [-0.39, 0.29) is 0 Å². The molecule has 0 aliphatic carbocycles. The average molecular weight is 282 g/mol. The van der Waals surface area contributed by atoms with Gasteiger partial charge in [0.15, 0.2) is 5.05 Å². The molecule has 3 nitrogen and oxygen atoms in total. The molecule has 0 aliphatic heterocycles. The molecule has 1 aromatic rings. The molecular formula is C15H22O3S. The number of benzene rings is 1. The largest absolute Gasteiger partial charge is 0.507 e. The van der Waals surface area contributed by atoms with Crippen LogP contribution in [0.2, 0.25) is 0 Å². The first-order valence-corrected chi connectivity index (χ1v) is 6.96. The number of aryl methyl sites for hydroxylation is 1. The minimum Gasteiger partial charge on any atom is -0.507 e. The quantitative estimate of drug-likeness (QED) is 0.635. The fourth-order valence-electron chi connectivity index (χ4n) is 1.81. The second-order valence-corrected chi connectivity index (χ2v) is 5.00. The van der Waals surface area contributed by atoms with Crippen LogP contribution in [0.5, 0.6) is 11.5 Å². The van der Waals surface area contributed by atoms with Crippen LogP contribution in [0.25, 0.3) is 0 Å². The van der Waals surface area contributed by atoms with Gasteiger partial charge >= 0.3 is 0 Å². The second kappa shape index (κ2) is 7.34. The number of hydrogen-bond acceptors (Lipinski definition) is 4. The van der Waals surface area contributed by atoms with Crippen LogP contribution in [0, 0.1) is 20.8 Å². The lowest BCUT2D eigenvalue weighted by Gasteiger charge is -2.14. The Morgan fingerprint density at radius 1 is 1.26 bits per heavy atom. The Bertz CT molecular complexity index is 455. The Balaban J connectivity index is 2.53. The standard InChI is InChI=1S/C15H22O3S/c1-5-17-14(19)7-6-8-18-13-9-10(2)15(16)12(4)11(13)3/h9,16H,5-8H2,1-4H3. The van der Waals surface area contributed by atoms with E-state index in [4.69, 9.17) is 21.7 Å². The molecule has 0 atom stereocenters. The zero-order chi connectivity index (χ0) is 14.4. The number of phenols is 1. The highest BCUT2D eigenvalue weighted by molar-refractivity contribution is 7.80. The lowest BCUT2D eigenvalue weighted by Crippen LogP contribution is -2.06. The third-order valence-electron chi connectivity index (χ3n) is 3.10. The summed E-state index contributed by atoms with van der Waals surface area (Å²) in [5, 5.41) is 10.5. The van der Waals surface area contributed by atoms with Gasteiger partial charge in [-0.2, -0.15) is 0 Å². The lowest BCUT2D eigenvalue weighted by atomic mass is 10.0. The third kappa shape index (κ3) is 4.39. The van der Waals surface area contributed by atoms with Crippen molar-refractivity contribution in [2.45, 2.75) is 40.5 Å². The van der Waals surface area contributed by atoms with Gasteiger partial charge in [-0.05, 0) is 69.1 Å². The van der Waals surface area contributed by atoms with Gasteiger partial charge in [0.25, 0.3) is 0 Å². The maximum atomic E-state index is 9.83. The highest BCUT2D eigenvalue weighted by Crippen LogP contribution is 2.31. The molecule has 0 bridgehead atoms. The summed E-state index contributed by atoms with van der Waals surface area (Å²) in [5.74, 6) is 1.18. The number of phenolic OH excluding ortho intramolecular Hbond substituents is 1. The van der Waals surface area contributed by atoms with Gasteiger partial charge in [-0.15, -0.1) is 0 Å². The highest BCUT2D eigenvalue weighted by atomic mass is 32.1. The van der Waals surface area contributed by atoms with Crippen LogP contribution in [0.15, 0.2) is 6.07 Å². The summed E-state index contributed by atoms with van der Waals surface area (Å²) in [4.78, 5) is 0. The predicted molar refractivity (Wildman–Crippen MR) is 81.3 cm³/mol. The Morgan fingerprint density at radius 2 is 1.95 bits per heavy atom. The molecule has 0 aliphatic rings. The van der Waals surface area contributed by atoms with Crippen LogP contribution < -0.4 is 4.74 Å². The first kappa shape index (κ1) is 15.8. The van der Waals surface area contributed by atoms with Crippen molar-refractivity contribution < 1.29 is 14.6 Å². The molecule has 0 radical (unpaired) electrons. The summed E-state index contributed by atoms with van der Waals surface area (Å²) in [6, 6.07) is 1.87. The van der Waals surface area contributed by atoms with Crippen molar-refractivity contribution in [3.8, 4) is 11.5 Å². The van der Waals surface area contributed by atoms with Gasteiger partial charge in [-0.3, -0.25) is 0 Å². The molecule has 0 aromatic heterocycles. The minimum atomic E-state index is 0.349. The topological polar surface area (TPSA) is 38.7 Å². The Hall–Kier alpha value is -1.29. The van der Waals surface area contributed by atoms with Gasteiger partial charge in [0.05, 0.1) is 13.2 Å². The van der Waals surface area contributed by atoms with E-state index in [0.717, 1.165) is 35.3 Å². The van der Waals surface area contributed by atoms with E-state index in [0.29, 0.717) is 24.0 Å². The van der Waals surface area contributed by atoms with Crippen LogP contribution in [0.4, 0.5) is 0 Å². The van der Waals surface area contributed by atoms with Crippen LogP contribution >= 0.6 is 12.2 Å². The van der Waals surface area contributed by atoms with Gasteiger partial charge in [0.1, 0.15) is 11.5 Å². The molecule has 0 saturated heterocycles. The maximum absolute atomic E-state index is 9.83. The van der Waals surface area contributed by atoms with E-state index in [1.807, 2.05) is 33.8 Å². The van der Waals surface area contributed by atoms with Crippen molar-refractivity contribution in [2.24, 2.45) is 0 Å². The first-order valence-electron chi connectivity index (χ1n) is 6.55. The summed E-state index contributed by atoms with van der Waals surface area (Å²) < 4.78 is 11.0. The molecule has 1 N–H and O–H groups in total. The molecular weight excluding hydrogens is 260 g/mol. The zero-order valence-corrected chi connectivity index (χ0v) is 12.9. The number of rotatable bonds is 6. The van der Waals surface area contributed by atoms with E-state index < -0.39 is 0 Å². The Labute approximate surface area is 120 Å². The van der Waals surface area contributed by atoms with E-state index >= 15 is 0 Å². The lowest BCUT2D eigenvalue weighted by molar-refractivity contribution is 0.294. The van der Waals surface area contributed by atoms with E-state index in [1.165, 1.54) is 0 Å². The molecule has 4 heteroatoms. The van der Waals surface area contributed by atoms with Crippen molar-refractivity contribution in [1.29, 1.82) is 0 Å². The van der Waals surface area contributed by atoms with Gasteiger partial charge in [0.2, 0.25) is 0 Å². The second-order valence-electron chi connectivity index (χ2n) is 4.55.